The van der Waals surface area contributed by atoms with Gasteiger partial charge in [-0.1, -0.05) is 12.8 Å². The Morgan fingerprint density at radius 3 is 2.74 bits per heavy atom. The van der Waals surface area contributed by atoms with E-state index in [-0.39, 0.29) is 5.91 Å². The lowest BCUT2D eigenvalue weighted by Gasteiger charge is -2.12. The van der Waals surface area contributed by atoms with Gasteiger partial charge in [0, 0.05) is 11.7 Å². The summed E-state index contributed by atoms with van der Waals surface area (Å²) in [7, 11) is 1.64. The number of carbonyl (C=O) groups is 1. The van der Waals surface area contributed by atoms with Gasteiger partial charge in [-0.2, -0.15) is 0 Å². The Hall–Kier alpha value is -1.55. The van der Waals surface area contributed by atoms with Crippen molar-refractivity contribution in [3.05, 3.63) is 23.8 Å². The van der Waals surface area contributed by atoms with E-state index in [0.29, 0.717) is 12.6 Å². The van der Waals surface area contributed by atoms with Gasteiger partial charge < -0.3 is 15.4 Å². The molecule has 1 aliphatic carbocycles. The molecule has 2 N–H and O–H groups in total. The molecule has 1 aromatic carbocycles. The van der Waals surface area contributed by atoms with Gasteiger partial charge in [0.1, 0.15) is 5.75 Å². The minimum Gasteiger partial charge on any atom is -0.496 e. The van der Waals surface area contributed by atoms with Crippen LogP contribution in [0.4, 0.5) is 5.69 Å². The highest BCUT2D eigenvalue weighted by molar-refractivity contribution is 5.92. The van der Waals surface area contributed by atoms with E-state index in [4.69, 9.17) is 4.74 Å². The van der Waals surface area contributed by atoms with Crippen LogP contribution in [0.25, 0.3) is 0 Å². The number of rotatable bonds is 5. The number of amides is 1. The van der Waals surface area contributed by atoms with E-state index < -0.39 is 0 Å². The minimum atomic E-state index is 0.0106. The smallest absolute Gasteiger partial charge is 0.238 e. The number of methoxy groups -OCH3 is 1. The van der Waals surface area contributed by atoms with Gasteiger partial charge in [-0.25, -0.2) is 0 Å². The largest absolute Gasteiger partial charge is 0.496 e. The molecule has 0 heterocycles. The quantitative estimate of drug-likeness (QED) is 0.857. The minimum absolute atomic E-state index is 0.0106. The number of aryl methyl sites for hydroxylation is 1. The summed E-state index contributed by atoms with van der Waals surface area (Å²) in [5, 5.41) is 6.20. The Morgan fingerprint density at radius 1 is 1.37 bits per heavy atom. The number of hydrogen-bond acceptors (Lipinski definition) is 3. The molecule has 0 radical (unpaired) electrons. The zero-order chi connectivity index (χ0) is 13.7. The Morgan fingerprint density at radius 2 is 2.11 bits per heavy atom. The molecule has 0 saturated heterocycles. The van der Waals surface area contributed by atoms with E-state index in [1.54, 1.807) is 7.11 Å². The predicted molar refractivity (Wildman–Crippen MR) is 76.6 cm³/mol. The number of hydrogen-bond donors (Lipinski definition) is 2. The van der Waals surface area contributed by atoms with Crippen molar-refractivity contribution >= 4 is 11.6 Å². The number of anilines is 1. The molecule has 0 bridgehead atoms. The molecule has 1 fully saturated rings. The molecule has 4 nitrogen and oxygen atoms in total. The van der Waals surface area contributed by atoms with Crippen molar-refractivity contribution in [2.75, 3.05) is 19.0 Å². The molecule has 104 valence electrons. The SMILES string of the molecule is COc1ccc(NC(=O)CNC2CCCC2)cc1C. The molecule has 0 aromatic heterocycles. The van der Waals surface area contributed by atoms with Crippen LogP contribution in [-0.4, -0.2) is 25.6 Å². The second-order valence-electron chi connectivity index (χ2n) is 5.09. The van der Waals surface area contributed by atoms with Crippen molar-refractivity contribution in [1.29, 1.82) is 0 Å². The standard InChI is InChI=1S/C15H22N2O2/c1-11-9-13(7-8-14(11)19-2)17-15(18)10-16-12-5-3-4-6-12/h7-9,12,16H,3-6,10H2,1-2H3,(H,17,18). The fourth-order valence-corrected chi connectivity index (χ4v) is 2.53. The first-order chi connectivity index (χ1) is 9.19. The fourth-order valence-electron chi connectivity index (χ4n) is 2.53. The van der Waals surface area contributed by atoms with Crippen molar-refractivity contribution in [2.24, 2.45) is 0 Å². The van der Waals surface area contributed by atoms with Crippen molar-refractivity contribution < 1.29 is 9.53 Å². The van der Waals surface area contributed by atoms with Crippen molar-refractivity contribution in [1.82, 2.24) is 5.32 Å². The van der Waals surface area contributed by atoms with E-state index in [0.717, 1.165) is 17.0 Å². The highest BCUT2D eigenvalue weighted by Crippen LogP contribution is 2.21. The second kappa shape index (κ2) is 6.57. The molecule has 0 unspecified atom stereocenters. The third-order valence-electron chi connectivity index (χ3n) is 3.59. The summed E-state index contributed by atoms with van der Waals surface area (Å²) in [5.74, 6) is 0.846. The highest BCUT2D eigenvalue weighted by atomic mass is 16.5. The van der Waals surface area contributed by atoms with Crippen molar-refractivity contribution in [2.45, 2.75) is 38.6 Å². The van der Waals surface area contributed by atoms with Gasteiger partial charge in [-0.3, -0.25) is 4.79 Å². The lowest BCUT2D eigenvalue weighted by atomic mass is 10.2. The second-order valence-corrected chi connectivity index (χ2v) is 5.09. The van der Waals surface area contributed by atoms with Gasteiger partial charge in [-0.05, 0) is 43.5 Å². The summed E-state index contributed by atoms with van der Waals surface area (Å²) in [6, 6.07) is 6.17. The Balaban J connectivity index is 1.82. The summed E-state index contributed by atoms with van der Waals surface area (Å²) in [6.45, 7) is 2.35. The molecule has 19 heavy (non-hydrogen) atoms. The van der Waals surface area contributed by atoms with E-state index >= 15 is 0 Å². The van der Waals surface area contributed by atoms with Crippen LogP contribution in [-0.2, 0) is 4.79 Å². The molecule has 0 spiro atoms. The van der Waals surface area contributed by atoms with Crippen LogP contribution >= 0.6 is 0 Å². The summed E-state index contributed by atoms with van der Waals surface area (Å²) in [6.07, 6.45) is 4.93. The lowest BCUT2D eigenvalue weighted by molar-refractivity contribution is -0.115. The summed E-state index contributed by atoms with van der Waals surface area (Å²) >= 11 is 0. The maximum Gasteiger partial charge on any atom is 0.238 e. The zero-order valence-corrected chi connectivity index (χ0v) is 11.7. The van der Waals surface area contributed by atoms with Crippen molar-refractivity contribution in [3.8, 4) is 5.75 Å². The zero-order valence-electron chi connectivity index (χ0n) is 11.7. The summed E-state index contributed by atoms with van der Waals surface area (Å²) in [4.78, 5) is 11.8. The fraction of sp³-hybridized carbons (Fsp3) is 0.533. The Kier molecular flexibility index (Phi) is 4.80. The van der Waals surface area contributed by atoms with Gasteiger partial charge in [0.15, 0.2) is 0 Å². The van der Waals surface area contributed by atoms with Crippen LogP contribution in [0.15, 0.2) is 18.2 Å². The van der Waals surface area contributed by atoms with Crippen LogP contribution in [0.5, 0.6) is 5.75 Å². The van der Waals surface area contributed by atoms with Crippen LogP contribution in [0, 0.1) is 6.92 Å². The summed E-state index contributed by atoms with van der Waals surface area (Å²) < 4.78 is 5.19. The van der Waals surface area contributed by atoms with Gasteiger partial charge in [0.05, 0.1) is 13.7 Å². The lowest BCUT2D eigenvalue weighted by Crippen LogP contribution is -2.34. The molecule has 0 aliphatic heterocycles. The molecular formula is C15H22N2O2. The normalized spacial score (nSPS) is 15.5. The number of nitrogens with one attached hydrogen (secondary N) is 2. The monoisotopic (exact) mass is 262 g/mol. The molecule has 4 heteroatoms. The number of ether oxygens (including phenoxy) is 1. The van der Waals surface area contributed by atoms with Crippen LogP contribution in [0.3, 0.4) is 0 Å². The molecule has 1 amide bonds. The Bertz CT molecular complexity index is 440. The molecule has 2 rings (SSSR count). The maximum absolute atomic E-state index is 11.8. The molecule has 1 aliphatic rings. The molecule has 1 aromatic rings. The van der Waals surface area contributed by atoms with Gasteiger partial charge >= 0.3 is 0 Å². The molecule has 0 atom stereocenters. The number of benzene rings is 1. The average molecular weight is 262 g/mol. The van der Waals surface area contributed by atoms with Gasteiger partial charge in [0.2, 0.25) is 5.91 Å². The first-order valence-corrected chi connectivity index (χ1v) is 6.87. The number of carbonyl (C=O) groups excluding carboxylic acids is 1. The first-order valence-electron chi connectivity index (χ1n) is 6.87. The average Bonchev–Trinajstić information content (AvgIpc) is 2.90. The van der Waals surface area contributed by atoms with Gasteiger partial charge in [-0.15, -0.1) is 0 Å². The third kappa shape index (κ3) is 3.96. The van der Waals surface area contributed by atoms with Gasteiger partial charge in [0.25, 0.3) is 0 Å². The first kappa shape index (κ1) is 13.9. The van der Waals surface area contributed by atoms with Crippen LogP contribution in [0.1, 0.15) is 31.2 Å². The van der Waals surface area contributed by atoms with E-state index in [1.807, 2.05) is 25.1 Å². The summed E-state index contributed by atoms with van der Waals surface area (Å²) in [5.41, 5.74) is 1.83. The maximum atomic E-state index is 11.8. The van der Waals surface area contributed by atoms with Crippen molar-refractivity contribution in [3.63, 3.8) is 0 Å². The topological polar surface area (TPSA) is 50.4 Å². The van der Waals surface area contributed by atoms with E-state index in [2.05, 4.69) is 10.6 Å². The Labute approximate surface area is 114 Å². The van der Waals surface area contributed by atoms with E-state index in [9.17, 15) is 4.79 Å². The highest BCUT2D eigenvalue weighted by Gasteiger charge is 2.15. The molecule has 1 saturated carbocycles. The van der Waals surface area contributed by atoms with E-state index in [1.165, 1.54) is 25.7 Å². The third-order valence-corrected chi connectivity index (χ3v) is 3.59. The predicted octanol–water partition coefficient (Wildman–Crippen LogP) is 2.47. The van der Waals surface area contributed by atoms with Crippen LogP contribution < -0.4 is 15.4 Å². The van der Waals surface area contributed by atoms with Crippen LogP contribution in [0.2, 0.25) is 0 Å². The molecular weight excluding hydrogens is 240 g/mol.